The Morgan fingerprint density at radius 3 is 2.62 bits per heavy atom. The third-order valence-electron chi connectivity index (χ3n) is 3.52. The number of hydrogen-bond donors (Lipinski definition) is 2. The molecule has 3 rings (SSSR count). The van der Waals surface area contributed by atoms with E-state index in [1.807, 2.05) is 6.92 Å². The minimum absolute atomic E-state index is 0.0250. The lowest BCUT2D eigenvalue weighted by atomic mass is 10.3. The molecular formula is C18H15F3N6O2. The molecule has 0 fully saturated rings. The second-order valence-corrected chi connectivity index (χ2v) is 5.71. The van der Waals surface area contributed by atoms with Crippen molar-refractivity contribution in [2.45, 2.75) is 19.7 Å². The second kappa shape index (κ2) is 8.95. The summed E-state index contributed by atoms with van der Waals surface area (Å²) in [5.74, 6) is -0.838. The lowest BCUT2D eigenvalue weighted by Crippen LogP contribution is -2.21. The Hall–Kier alpha value is -3.76. The normalized spacial score (nSPS) is 11.8. The average Bonchev–Trinajstić information content (AvgIpc) is 2.71. The van der Waals surface area contributed by atoms with E-state index in [-0.39, 0.29) is 23.1 Å². The van der Waals surface area contributed by atoms with Gasteiger partial charge in [-0.3, -0.25) is 14.8 Å². The summed E-state index contributed by atoms with van der Waals surface area (Å²) in [5, 5.41) is 5.31. The fraction of sp³-hybridized carbons (Fsp3) is 0.167. The van der Waals surface area contributed by atoms with Gasteiger partial charge in [0.15, 0.2) is 0 Å². The highest BCUT2D eigenvalue weighted by atomic mass is 19.3. The SMILES string of the molecule is Cc1ccc(Nc2nccc(C(=O)Nc3cnccc3OC(F)C(F)F)n2)cn1. The number of rotatable bonds is 7. The number of nitrogens with one attached hydrogen (secondary N) is 2. The van der Waals surface area contributed by atoms with Crippen molar-refractivity contribution >= 4 is 23.2 Å². The van der Waals surface area contributed by atoms with Crippen molar-refractivity contribution in [3.63, 3.8) is 0 Å². The van der Waals surface area contributed by atoms with Crippen molar-refractivity contribution in [3.8, 4) is 5.75 Å². The van der Waals surface area contributed by atoms with E-state index in [0.717, 1.165) is 18.0 Å². The zero-order valence-corrected chi connectivity index (χ0v) is 15.0. The van der Waals surface area contributed by atoms with Gasteiger partial charge < -0.3 is 15.4 Å². The number of pyridine rings is 2. The van der Waals surface area contributed by atoms with Gasteiger partial charge in [-0.25, -0.2) is 18.7 Å². The predicted octanol–water partition coefficient (Wildman–Crippen LogP) is 3.51. The lowest BCUT2D eigenvalue weighted by molar-refractivity contribution is -0.0665. The molecule has 0 aliphatic rings. The summed E-state index contributed by atoms with van der Waals surface area (Å²) in [4.78, 5) is 28.5. The fourth-order valence-corrected chi connectivity index (χ4v) is 2.15. The van der Waals surface area contributed by atoms with Crippen molar-refractivity contribution < 1.29 is 22.7 Å². The van der Waals surface area contributed by atoms with Crippen molar-refractivity contribution in [3.05, 3.63) is 60.4 Å². The number of carbonyl (C=O) groups excluding carboxylic acids is 1. The van der Waals surface area contributed by atoms with E-state index in [4.69, 9.17) is 0 Å². The predicted molar refractivity (Wildman–Crippen MR) is 98.0 cm³/mol. The van der Waals surface area contributed by atoms with E-state index in [0.29, 0.717) is 5.69 Å². The Morgan fingerprint density at radius 1 is 1.07 bits per heavy atom. The zero-order chi connectivity index (χ0) is 20.8. The van der Waals surface area contributed by atoms with Crippen LogP contribution in [0.3, 0.4) is 0 Å². The topological polar surface area (TPSA) is 102 Å². The molecule has 0 spiro atoms. The lowest BCUT2D eigenvalue weighted by Gasteiger charge is -2.14. The molecule has 0 aromatic carbocycles. The van der Waals surface area contributed by atoms with Gasteiger partial charge in [0, 0.05) is 24.2 Å². The van der Waals surface area contributed by atoms with Crippen molar-refractivity contribution in [1.29, 1.82) is 0 Å². The van der Waals surface area contributed by atoms with Crippen LogP contribution >= 0.6 is 0 Å². The maximum Gasteiger partial charge on any atom is 0.304 e. The summed E-state index contributed by atoms with van der Waals surface area (Å²) in [7, 11) is 0. The van der Waals surface area contributed by atoms with Crippen molar-refractivity contribution in [2.75, 3.05) is 10.6 Å². The number of hydrogen-bond acceptors (Lipinski definition) is 7. The minimum atomic E-state index is -3.33. The largest absolute Gasteiger partial charge is 0.452 e. The number of ether oxygens (including phenoxy) is 1. The smallest absolute Gasteiger partial charge is 0.304 e. The van der Waals surface area contributed by atoms with E-state index in [1.165, 1.54) is 18.5 Å². The molecule has 11 heteroatoms. The molecule has 0 aliphatic heterocycles. The summed E-state index contributed by atoms with van der Waals surface area (Å²) in [5.41, 5.74) is 1.35. The molecule has 8 nitrogen and oxygen atoms in total. The highest BCUT2D eigenvalue weighted by Crippen LogP contribution is 2.26. The van der Waals surface area contributed by atoms with Crippen LogP contribution in [0.2, 0.25) is 0 Å². The number of halogens is 3. The fourth-order valence-electron chi connectivity index (χ4n) is 2.15. The maximum atomic E-state index is 13.2. The van der Waals surface area contributed by atoms with Crippen LogP contribution in [0.15, 0.2) is 49.1 Å². The van der Waals surface area contributed by atoms with Crippen LogP contribution in [0.4, 0.5) is 30.5 Å². The zero-order valence-electron chi connectivity index (χ0n) is 15.0. The third kappa shape index (κ3) is 5.37. The molecule has 1 amide bonds. The first-order valence-electron chi connectivity index (χ1n) is 8.29. The number of anilines is 3. The summed E-state index contributed by atoms with van der Waals surface area (Å²) in [6, 6.07) is 6.07. The molecular weight excluding hydrogens is 389 g/mol. The summed E-state index contributed by atoms with van der Waals surface area (Å²) in [6.07, 6.45) is -0.874. The van der Waals surface area contributed by atoms with Gasteiger partial charge in [0.25, 0.3) is 12.3 Å². The molecule has 29 heavy (non-hydrogen) atoms. The van der Waals surface area contributed by atoms with Gasteiger partial charge in [0.05, 0.1) is 18.1 Å². The van der Waals surface area contributed by atoms with Gasteiger partial charge in [-0.15, -0.1) is 0 Å². The number of aromatic nitrogens is 4. The molecule has 0 aliphatic carbocycles. The van der Waals surface area contributed by atoms with E-state index >= 15 is 0 Å². The standard InChI is InChI=1S/C18H15F3N6O2/c1-10-2-3-11(8-24-10)25-18-23-7-4-12(27-18)17(28)26-13-9-22-6-5-14(13)29-16(21)15(19)20/h2-9,15-16H,1H3,(H,26,28)(H,23,25,27). The molecule has 2 N–H and O–H groups in total. The Morgan fingerprint density at radius 2 is 1.90 bits per heavy atom. The summed E-state index contributed by atoms with van der Waals surface area (Å²) in [6.45, 7) is 1.84. The van der Waals surface area contributed by atoms with Crippen LogP contribution in [0.1, 0.15) is 16.2 Å². The molecule has 0 saturated carbocycles. The Balaban J connectivity index is 1.74. The minimum Gasteiger partial charge on any atom is -0.452 e. The Kier molecular flexibility index (Phi) is 6.17. The van der Waals surface area contributed by atoms with Crippen molar-refractivity contribution in [1.82, 2.24) is 19.9 Å². The van der Waals surface area contributed by atoms with E-state index in [2.05, 4.69) is 35.3 Å². The summed E-state index contributed by atoms with van der Waals surface area (Å²) < 4.78 is 42.5. The Labute approximate surface area is 163 Å². The van der Waals surface area contributed by atoms with Crippen LogP contribution in [0.5, 0.6) is 5.75 Å². The van der Waals surface area contributed by atoms with E-state index < -0.39 is 18.7 Å². The average molecular weight is 404 g/mol. The van der Waals surface area contributed by atoms with Gasteiger partial charge in [0.2, 0.25) is 5.95 Å². The molecule has 0 bridgehead atoms. The van der Waals surface area contributed by atoms with Crippen LogP contribution in [-0.4, -0.2) is 38.6 Å². The molecule has 3 aromatic rings. The molecule has 3 aromatic heterocycles. The van der Waals surface area contributed by atoms with Gasteiger partial charge >= 0.3 is 6.43 Å². The number of nitrogens with zero attached hydrogens (tertiary/aromatic N) is 4. The van der Waals surface area contributed by atoms with E-state index in [9.17, 15) is 18.0 Å². The number of amides is 1. The van der Waals surface area contributed by atoms with Crippen LogP contribution in [0.25, 0.3) is 0 Å². The van der Waals surface area contributed by atoms with Crippen LogP contribution in [-0.2, 0) is 0 Å². The number of carbonyl (C=O) groups is 1. The first kappa shape index (κ1) is 20.0. The molecule has 3 heterocycles. The third-order valence-corrected chi connectivity index (χ3v) is 3.52. The quantitative estimate of drug-likeness (QED) is 0.621. The molecule has 150 valence electrons. The first-order chi connectivity index (χ1) is 13.9. The van der Waals surface area contributed by atoms with Gasteiger partial charge in [-0.05, 0) is 25.1 Å². The molecule has 1 unspecified atom stereocenters. The van der Waals surface area contributed by atoms with E-state index in [1.54, 1.807) is 18.3 Å². The maximum absolute atomic E-state index is 13.2. The summed E-state index contributed by atoms with van der Waals surface area (Å²) >= 11 is 0. The first-order valence-corrected chi connectivity index (χ1v) is 8.29. The van der Waals surface area contributed by atoms with Gasteiger partial charge in [-0.1, -0.05) is 0 Å². The van der Waals surface area contributed by atoms with Gasteiger partial charge in [0.1, 0.15) is 17.1 Å². The van der Waals surface area contributed by atoms with Crippen LogP contribution in [0, 0.1) is 6.92 Å². The molecule has 0 saturated heterocycles. The van der Waals surface area contributed by atoms with Crippen LogP contribution < -0.4 is 15.4 Å². The molecule has 1 atom stereocenters. The Bertz CT molecular complexity index is 987. The monoisotopic (exact) mass is 404 g/mol. The molecule has 0 radical (unpaired) electrons. The van der Waals surface area contributed by atoms with Crippen molar-refractivity contribution in [2.24, 2.45) is 0 Å². The number of aryl methyl sites for hydroxylation is 1. The number of alkyl halides is 3. The highest BCUT2D eigenvalue weighted by molar-refractivity contribution is 6.03. The van der Waals surface area contributed by atoms with Gasteiger partial charge in [-0.2, -0.15) is 4.39 Å². The highest BCUT2D eigenvalue weighted by Gasteiger charge is 2.23. The second-order valence-electron chi connectivity index (χ2n) is 5.71.